The molecule has 2 saturated heterocycles. The Balaban J connectivity index is 1.51. The molecule has 0 aliphatic carbocycles. The Morgan fingerprint density at radius 1 is 1.26 bits per heavy atom. The molecule has 2 fully saturated rings. The summed E-state index contributed by atoms with van der Waals surface area (Å²) in [7, 11) is 1.94. The van der Waals surface area contributed by atoms with Gasteiger partial charge in [-0.3, -0.25) is 14.5 Å². The first-order valence-electron chi connectivity index (χ1n) is 9.04. The molecule has 27 heavy (non-hydrogen) atoms. The summed E-state index contributed by atoms with van der Waals surface area (Å²) in [6.45, 7) is 2.00. The summed E-state index contributed by atoms with van der Waals surface area (Å²) >= 11 is 1.59. The van der Waals surface area contributed by atoms with Gasteiger partial charge in [-0.25, -0.2) is 4.39 Å². The molecule has 3 heterocycles. The topological polar surface area (TPSA) is 43.9 Å². The third-order valence-electron chi connectivity index (χ3n) is 5.65. The van der Waals surface area contributed by atoms with Crippen LogP contribution in [0.15, 0.2) is 41.8 Å². The maximum absolute atomic E-state index is 13.6. The molecule has 0 saturated carbocycles. The van der Waals surface area contributed by atoms with Crippen molar-refractivity contribution in [1.29, 1.82) is 0 Å². The lowest BCUT2D eigenvalue weighted by molar-refractivity contribution is -0.130. The summed E-state index contributed by atoms with van der Waals surface area (Å²) < 4.78 is 13.6. The number of piperazine rings is 1. The van der Waals surface area contributed by atoms with E-state index in [4.69, 9.17) is 0 Å². The second kappa shape index (κ2) is 7.05. The highest BCUT2D eigenvalue weighted by molar-refractivity contribution is 7.10. The van der Waals surface area contributed by atoms with Gasteiger partial charge in [-0.05, 0) is 43.1 Å². The van der Waals surface area contributed by atoms with Crippen LogP contribution in [0.5, 0.6) is 0 Å². The van der Waals surface area contributed by atoms with Crippen molar-refractivity contribution in [2.75, 3.05) is 38.1 Å². The van der Waals surface area contributed by atoms with Gasteiger partial charge in [0.15, 0.2) is 0 Å². The summed E-state index contributed by atoms with van der Waals surface area (Å²) in [6.07, 6.45) is 1.22. The van der Waals surface area contributed by atoms with Gasteiger partial charge in [0.2, 0.25) is 11.8 Å². The standard InChI is InChI=1S/C20H22FN3O2S/c1-22-12-19(26)24(16-5-2-4-15(21)10-16)14-20(22)7-8-23(13-20)18(25)11-17-6-3-9-27-17/h2-6,9-10H,7-8,11-14H2,1H3/t20-/m0/s1. The minimum absolute atomic E-state index is 0.0444. The highest BCUT2D eigenvalue weighted by atomic mass is 32.1. The Morgan fingerprint density at radius 2 is 2.11 bits per heavy atom. The van der Waals surface area contributed by atoms with Crippen LogP contribution in [-0.4, -0.2) is 60.4 Å². The third-order valence-corrected chi connectivity index (χ3v) is 6.52. The molecule has 1 atom stereocenters. The number of amides is 2. The van der Waals surface area contributed by atoms with E-state index in [0.29, 0.717) is 31.7 Å². The smallest absolute Gasteiger partial charge is 0.241 e. The van der Waals surface area contributed by atoms with Crippen molar-refractivity contribution in [2.45, 2.75) is 18.4 Å². The number of benzene rings is 1. The third kappa shape index (κ3) is 3.49. The number of likely N-dealkylation sites (N-methyl/N-ethyl adjacent to an activating group) is 1. The highest BCUT2D eigenvalue weighted by Gasteiger charge is 2.48. The van der Waals surface area contributed by atoms with Gasteiger partial charge in [-0.1, -0.05) is 12.1 Å². The van der Waals surface area contributed by atoms with Crippen LogP contribution < -0.4 is 4.90 Å². The molecule has 1 spiro atoms. The van der Waals surface area contributed by atoms with Gasteiger partial charge in [-0.2, -0.15) is 0 Å². The number of halogens is 1. The van der Waals surface area contributed by atoms with Gasteiger partial charge in [0.05, 0.1) is 18.5 Å². The molecule has 2 aliphatic heterocycles. The van der Waals surface area contributed by atoms with E-state index in [1.54, 1.807) is 28.4 Å². The van der Waals surface area contributed by atoms with E-state index in [-0.39, 0.29) is 29.7 Å². The summed E-state index contributed by atoms with van der Waals surface area (Å²) in [6, 6.07) is 10.1. The molecule has 0 bridgehead atoms. The number of likely N-dealkylation sites (tertiary alicyclic amines) is 1. The number of anilines is 1. The number of hydrogen-bond acceptors (Lipinski definition) is 4. The SMILES string of the molecule is CN1CC(=O)N(c2cccc(F)c2)C[C@@]12CCN(C(=O)Cc1cccs1)C2. The average Bonchev–Trinajstić information content (AvgIpc) is 3.29. The molecule has 0 unspecified atom stereocenters. The molecule has 2 amide bonds. The molecule has 5 nitrogen and oxygen atoms in total. The maximum atomic E-state index is 13.6. The van der Waals surface area contributed by atoms with E-state index in [2.05, 4.69) is 4.90 Å². The summed E-state index contributed by atoms with van der Waals surface area (Å²) in [5, 5.41) is 1.98. The fourth-order valence-electron chi connectivity index (χ4n) is 4.02. The zero-order valence-corrected chi connectivity index (χ0v) is 16.0. The van der Waals surface area contributed by atoms with Crippen LogP contribution in [0.3, 0.4) is 0 Å². The molecule has 0 radical (unpaired) electrons. The van der Waals surface area contributed by atoms with Gasteiger partial charge in [0.1, 0.15) is 5.82 Å². The van der Waals surface area contributed by atoms with E-state index < -0.39 is 0 Å². The first kappa shape index (κ1) is 18.1. The molecular weight excluding hydrogens is 365 g/mol. The largest absolute Gasteiger partial charge is 0.340 e. The molecule has 1 aromatic heterocycles. The number of carbonyl (C=O) groups excluding carboxylic acids is 2. The fraction of sp³-hybridized carbons (Fsp3) is 0.400. The minimum atomic E-state index is -0.354. The molecule has 2 aromatic rings. The van der Waals surface area contributed by atoms with Crippen molar-refractivity contribution in [1.82, 2.24) is 9.80 Å². The van der Waals surface area contributed by atoms with E-state index in [0.717, 1.165) is 11.3 Å². The first-order chi connectivity index (χ1) is 13.0. The van der Waals surface area contributed by atoms with Gasteiger partial charge in [-0.15, -0.1) is 11.3 Å². The lowest BCUT2D eigenvalue weighted by Crippen LogP contribution is -2.64. The second-order valence-electron chi connectivity index (χ2n) is 7.36. The van der Waals surface area contributed by atoms with Gasteiger partial charge < -0.3 is 9.80 Å². The monoisotopic (exact) mass is 387 g/mol. The van der Waals surface area contributed by atoms with Crippen LogP contribution in [0, 0.1) is 5.82 Å². The van der Waals surface area contributed by atoms with Crippen molar-refractivity contribution in [2.24, 2.45) is 0 Å². The van der Waals surface area contributed by atoms with Crippen LogP contribution in [-0.2, 0) is 16.0 Å². The predicted octanol–water partition coefficient (Wildman–Crippen LogP) is 2.38. The Kier molecular flexibility index (Phi) is 4.74. The lowest BCUT2D eigenvalue weighted by atomic mass is 9.92. The van der Waals surface area contributed by atoms with Gasteiger partial charge in [0.25, 0.3) is 0 Å². The summed E-state index contributed by atoms with van der Waals surface area (Å²) in [4.78, 5) is 31.9. The molecular formula is C20H22FN3O2S. The zero-order chi connectivity index (χ0) is 19.0. The van der Waals surface area contributed by atoms with Crippen LogP contribution in [0.4, 0.5) is 10.1 Å². The highest BCUT2D eigenvalue weighted by Crippen LogP contribution is 2.34. The molecule has 7 heteroatoms. The summed E-state index contributed by atoms with van der Waals surface area (Å²) in [5.41, 5.74) is 0.293. The number of hydrogen-bond donors (Lipinski definition) is 0. The van der Waals surface area contributed by atoms with Crippen LogP contribution in [0.2, 0.25) is 0 Å². The van der Waals surface area contributed by atoms with E-state index >= 15 is 0 Å². The van der Waals surface area contributed by atoms with Crippen LogP contribution >= 0.6 is 11.3 Å². The second-order valence-corrected chi connectivity index (χ2v) is 8.39. The molecule has 0 N–H and O–H groups in total. The Bertz CT molecular complexity index is 857. The molecule has 142 valence electrons. The van der Waals surface area contributed by atoms with E-state index in [9.17, 15) is 14.0 Å². The number of carbonyl (C=O) groups is 2. The van der Waals surface area contributed by atoms with Crippen molar-refractivity contribution < 1.29 is 14.0 Å². The van der Waals surface area contributed by atoms with Crippen LogP contribution in [0.25, 0.3) is 0 Å². The van der Waals surface area contributed by atoms with Crippen molar-refractivity contribution in [3.8, 4) is 0 Å². The van der Waals surface area contributed by atoms with Gasteiger partial charge in [0, 0.05) is 30.2 Å². The first-order valence-corrected chi connectivity index (χ1v) is 9.92. The Labute approximate surface area is 162 Å². The molecule has 4 rings (SSSR count). The Morgan fingerprint density at radius 3 is 2.85 bits per heavy atom. The quantitative estimate of drug-likeness (QED) is 0.812. The normalized spacial score (nSPS) is 23.4. The zero-order valence-electron chi connectivity index (χ0n) is 15.2. The minimum Gasteiger partial charge on any atom is -0.340 e. The molecule has 1 aromatic carbocycles. The number of thiophene rings is 1. The van der Waals surface area contributed by atoms with Crippen molar-refractivity contribution in [3.05, 3.63) is 52.5 Å². The summed E-state index contributed by atoms with van der Waals surface area (Å²) in [5.74, 6) is -0.276. The van der Waals surface area contributed by atoms with E-state index in [1.165, 1.54) is 12.1 Å². The lowest BCUT2D eigenvalue weighted by Gasteiger charge is -2.46. The number of nitrogens with zero attached hydrogens (tertiary/aromatic N) is 3. The van der Waals surface area contributed by atoms with Gasteiger partial charge >= 0.3 is 0 Å². The van der Waals surface area contributed by atoms with Crippen molar-refractivity contribution in [3.63, 3.8) is 0 Å². The van der Waals surface area contributed by atoms with Crippen LogP contribution in [0.1, 0.15) is 11.3 Å². The average molecular weight is 387 g/mol. The Hall–Kier alpha value is -2.25. The molecule has 2 aliphatic rings. The fourth-order valence-corrected chi connectivity index (χ4v) is 4.72. The van der Waals surface area contributed by atoms with E-state index in [1.807, 2.05) is 29.5 Å². The van der Waals surface area contributed by atoms with Crippen molar-refractivity contribution >= 4 is 28.8 Å². The predicted molar refractivity (Wildman–Crippen MR) is 103 cm³/mol. The number of rotatable bonds is 3. The maximum Gasteiger partial charge on any atom is 0.241 e.